The first-order valence-electron chi connectivity index (χ1n) is 10.6. The number of piperidine rings is 1. The summed E-state index contributed by atoms with van der Waals surface area (Å²) >= 11 is 5.94. The molecule has 1 aliphatic rings. The highest BCUT2D eigenvalue weighted by Gasteiger charge is 2.30. The summed E-state index contributed by atoms with van der Waals surface area (Å²) < 4.78 is 0. The van der Waals surface area contributed by atoms with Gasteiger partial charge in [-0.25, -0.2) is 0 Å². The van der Waals surface area contributed by atoms with Gasteiger partial charge in [0.1, 0.15) is 0 Å². The molecule has 0 radical (unpaired) electrons. The Morgan fingerprint density at radius 2 is 1.94 bits per heavy atom. The largest absolute Gasteiger partial charge is 0.349 e. The minimum absolute atomic E-state index is 0.0211. The van der Waals surface area contributed by atoms with Gasteiger partial charge < -0.3 is 10.2 Å². The highest BCUT2D eigenvalue weighted by molar-refractivity contribution is 6.30. The number of nitrogens with zero attached hydrogens (tertiary/aromatic N) is 6. The molecule has 2 aromatic heterocycles. The molecule has 1 fully saturated rings. The minimum atomic E-state index is -0.523. The van der Waals surface area contributed by atoms with Crippen LogP contribution in [0.3, 0.4) is 0 Å². The van der Waals surface area contributed by atoms with Crippen molar-refractivity contribution in [2.24, 2.45) is 0 Å². The summed E-state index contributed by atoms with van der Waals surface area (Å²) in [6, 6.07) is 10.1. The number of hydrogen-bond donors (Lipinski definition) is 1. The molecule has 32 heavy (non-hydrogen) atoms. The van der Waals surface area contributed by atoms with Crippen molar-refractivity contribution in [2.75, 3.05) is 13.1 Å². The Bertz CT molecular complexity index is 1060. The molecule has 1 atom stereocenters. The first-order valence-corrected chi connectivity index (χ1v) is 11.0. The van der Waals surface area contributed by atoms with Crippen LogP contribution in [0, 0.1) is 0 Å². The molecule has 3 aromatic rings. The minimum Gasteiger partial charge on any atom is -0.349 e. The predicted molar refractivity (Wildman–Crippen MR) is 119 cm³/mol. The molecule has 1 aliphatic heterocycles. The smallest absolute Gasteiger partial charge is 0.253 e. The van der Waals surface area contributed by atoms with Gasteiger partial charge in [-0.15, -0.1) is 10.2 Å². The number of tetrazole rings is 1. The van der Waals surface area contributed by atoms with Gasteiger partial charge in [0.2, 0.25) is 11.7 Å². The van der Waals surface area contributed by atoms with Gasteiger partial charge in [-0.3, -0.25) is 14.6 Å². The average Bonchev–Trinajstić information content (AvgIpc) is 3.31. The number of benzene rings is 1. The van der Waals surface area contributed by atoms with E-state index in [1.165, 1.54) is 4.80 Å². The molecule has 2 amide bonds. The van der Waals surface area contributed by atoms with Crippen molar-refractivity contribution in [1.29, 1.82) is 0 Å². The molecule has 0 spiro atoms. The van der Waals surface area contributed by atoms with E-state index < -0.39 is 6.04 Å². The van der Waals surface area contributed by atoms with E-state index in [0.717, 1.165) is 5.56 Å². The number of halogens is 1. The second-order valence-electron chi connectivity index (χ2n) is 7.68. The zero-order chi connectivity index (χ0) is 22.5. The molecule has 1 unspecified atom stereocenters. The maximum absolute atomic E-state index is 13.2. The fourth-order valence-corrected chi connectivity index (χ4v) is 3.86. The second-order valence-corrected chi connectivity index (χ2v) is 8.12. The van der Waals surface area contributed by atoms with Crippen molar-refractivity contribution in [3.8, 4) is 11.4 Å². The van der Waals surface area contributed by atoms with E-state index in [-0.39, 0.29) is 17.9 Å². The van der Waals surface area contributed by atoms with Gasteiger partial charge >= 0.3 is 0 Å². The average molecular weight is 454 g/mol. The molecule has 4 rings (SSSR count). The maximum atomic E-state index is 13.2. The summed E-state index contributed by atoms with van der Waals surface area (Å²) in [4.78, 5) is 32.7. The summed E-state index contributed by atoms with van der Waals surface area (Å²) in [5.41, 5.74) is 1.32. The van der Waals surface area contributed by atoms with Gasteiger partial charge in [-0.1, -0.05) is 18.5 Å². The topological polar surface area (TPSA) is 106 Å². The summed E-state index contributed by atoms with van der Waals surface area (Å²) in [6.07, 6.45) is 5.10. The van der Waals surface area contributed by atoms with Gasteiger partial charge in [0.25, 0.3) is 5.91 Å². The number of aromatic nitrogens is 5. The standard InChI is InChI=1S/C22H24ClN7O2/c1-2-19(30-27-20(26-28-30)15-5-7-17(23)8-6-15)22(32)29-12-9-18(10-13-29)25-21(31)16-4-3-11-24-14-16/h3-8,11,14,18-19H,2,9-10,12-13H2,1H3,(H,25,31). The van der Waals surface area contributed by atoms with E-state index in [1.807, 2.05) is 24.0 Å². The lowest BCUT2D eigenvalue weighted by Crippen LogP contribution is -2.48. The fourth-order valence-electron chi connectivity index (χ4n) is 3.73. The number of rotatable bonds is 6. The molecule has 166 valence electrons. The van der Waals surface area contributed by atoms with Gasteiger partial charge in [0, 0.05) is 42.1 Å². The van der Waals surface area contributed by atoms with Gasteiger partial charge in [-0.2, -0.15) is 4.80 Å². The van der Waals surface area contributed by atoms with Crippen LogP contribution < -0.4 is 5.32 Å². The van der Waals surface area contributed by atoms with Crippen LogP contribution in [0.15, 0.2) is 48.8 Å². The Hall–Kier alpha value is -3.33. The molecular formula is C22H24ClN7O2. The number of nitrogens with one attached hydrogen (secondary N) is 1. The van der Waals surface area contributed by atoms with Crippen molar-refractivity contribution in [1.82, 2.24) is 35.4 Å². The predicted octanol–water partition coefficient (Wildman–Crippen LogP) is 2.76. The molecule has 1 N–H and O–H groups in total. The van der Waals surface area contributed by atoms with E-state index in [2.05, 4.69) is 25.7 Å². The summed E-state index contributed by atoms with van der Waals surface area (Å²) in [5, 5.41) is 16.3. The molecule has 10 heteroatoms. The van der Waals surface area contributed by atoms with Crippen LogP contribution >= 0.6 is 11.6 Å². The highest BCUT2D eigenvalue weighted by Crippen LogP contribution is 2.21. The molecule has 3 heterocycles. The van der Waals surface area contributed by atoms with Crippen molar-refractivity contribution in [3.63, 3.8) is 0 Å². The number of pyridine rings is 1. The van der Waals surface area contributed by atoms with Crippen LogP contribution in [0.1, 0.15) is 42.6 Å². The molecule has 1 saturated heterocycles. The summed E-state index contributed by atoms with van der Waals surface area (Å²) in [5.74, 6) is 0.269. The zero-order valence-corrected chi connectivity index (χ0v) is 18.4. The SMILES string of the molecule is CCC(C(=O)N1CCC(NC(=O)c2cccnc2)CC1)n1nnc(-c2ccc(Cl)cc2)n1. The van der Waals surface area contributed by atoms with E-state index >= 15 is 0 Å². The normalized spacial score (nSPS) is 15.4. The monoisotopic (exact) mass is 453 g/mol. The molecule has 0 saturated carbocycles. The third-order valence-corrected chi connectivity index (χ3v) is 5.80. The van der Waals surface area contributed by atoms with E-state index in [0.29, 0.717) is 48.8 Å². The second kappa shape index (κ2) is 9.86. The van der Waals surface area contributed by atoms with E-state index in [1.54, 1.807) is 36.7 Å². The van der Waals surface area contributed by atoms with E-state index in [9.17, 15) is 9.59 Å². The molecule has 0 aliphatic carbocycles. The van der Waals surface area contributed by atoms with Crippen LogP contribution in [-0.2, 0) is 4.79 Å². The van der Waals surface area contributed by atoms with Crippen LogP contribution in [0.25, 0.3) is 11.4 Å². The fraction of sp³-hybridized carbons (Fsp3) is 0.364. The van der Waals surface area contributed by atoms with Crippen LogP contribution in [-0.4, -0.2) is 61.0 Å². The van der Waals surface area contributed by atoms with Gasteiger partial charge in [-0.05, 0) is 60.9 Å². The van der Waals surface area contributed by atoms with Crippen LogP contribution in [0.2, 0.25) is 5.02 Å². The first-order chi connectivity index (χ1) is 15.5. The van der Waals surface area contributed by atoms with Gasteiger partial charge in [0.05, 0.1) is 5.56 Å². The number of carbonyl (C=O) groups excluding carboxylic acids is 2. The third kappa shape index (κ3) is 4.94. The molecule has 1 aromatic carbocycles. The molecular weight excluding hydrogens is 430 g/mol. The zero-order valence-electron chi connectivity index (χ0n) is 17.7. The number of likely N-dealkylation sites (tertiary alicyclic amines) is 1. The van der Waals surface area contributed by atoms with Crippen LogP contribution in [0.5, 0.6) is 0 Å². The number of hydrogen-bond acceptors (Lipinski definition) is 6. The van der Waals surface area contributed by atoms with Gasteiger partial charge in [0.15, 0.2) is 6.04 Å². The lowest BCUT2D eigenvalue weighted by molar-refractivity contribution is -0.136. The van der Waals surface area contributed by atoms with Crippen molar-refractivity contribution >= 4 is 23.4 Å². The highest BCUT2D eigenvalue weighted by atomic mass is 35.5. The number of amides is 2. The Morgan fingerprint density at radius 3 is 2.59 bits per heavy atom. The van der Waals surface area contributed by atoms with E-state index in [4.69, 9.17) is 11.6 Å². The first kappa shape index (κ1) is 21.9. The quantitative estimate of drug-likeness (QED) is 0.615. The lowest BCUT2D eigenvalue weighted by Gasteiger charge is -2.34. The Labute approximate surface area is 190 Å². The van der Waals surface area contributed by atoms with Crippen LogP contribution in [0.4, 0.5) is 0 Å². The Balaban J connectivity index is 1.35. The lowest BCUT2D eigenvalue weighted by atomic mass is 10.0. The third-order valence-electron chi connectivity index (χ3n) is 5.55. The van der Waals surface area contributed by atoms with Crippen molar-refractivity contribution in [3.05, 3.63) is 59.4 Å². The van der Waals surface area contributed by atoms with Crippen molar-refractivity contribution < 1.29 is 9.59 Å². The summed E-state index contributed by atoms with van der Waals surface area (Å²) in [6.45, 7) is 3.05. The Kier molecular flexibility index (Phi) is 6.75. The maximum Gasteiger partial charge on any atom is 0.253 e. The number of carbonyl (C=O) groups is 2. The summed E-state index contributed by atoms with van der Waals surface area (Å²) in [7, 11) is 0. The molecule has 9 nitrogen and oxygen atoms in total. The molecule has 0 bridgehead atoms. The van der Waals surface area contributed by atoms with Crippen molar-refractivity contribution in [2.45, 2.75) is 38.3 Å². The Morgan fingerprint density at radius 1 is 1.19 bits per heavy atom.